The van der Waals surface area contributed by atoms with Crippen LogP contribution in [0.1, 0.15) is 33.6 Å². The summed E-state index contributed by atoms with van der Waals surface area (Å²) in [5.74, 6) is -0.677. The van der Waals surface area contributed by atoms with E-state index in [4.69, 9.17) is 4.74 Å². The average molecular weight is 348 g/mol. The van der Waals surface area contributed by atoms with Crippen LogP contribution in [-0.4, -0.2) is 57.9 Å². The molecule has 0 saturated heterocycles. The minimum absolute atomic E-state index is 0.0560. The SMILES string of the molecule is CCC(C)C(=O)NC.CNC(=O)CC(C)OC(=O)COC(=O)OC. The summed E-state index contributed by atoms with van der Waals surface area (Å²) in [4.78, 5) is 43.1. The van der Waals surface area contributed by atoms with E-state index < -0.39 is 24.8 Å². The Morgan fingerprint density at radius 3 is 2.00 bits per heavy atom. The normalized spacial score (nSPS) is 11.8. The maximum Gasteiger partial charge on any atom is 0.508 e. The van der Waals surface area contributed by atoms with Gasteiger partial charge in [0.25, 0.3) is 0 Å². The van der Waals surface area contributed by atoms with E-state index in [1.54, 1.807) is 14.0 Å². The fourth-order valence-corrected chi connectivity index (χ4v) is 1.27. The van der Waals surface area contributed by atoms with Crippen LogP contribution in [0.2, 0.25) is 0 Å². The Kier molecular flexibility index (Phi) is 14.2. The largest absolute Gasteiger partial charge is 0.508 e. The standard InChI is InChI=1S/C9H15NO6.C6H13NO/c1-6(4-7(11)10-2)16-8(12)5-15-9(13)14-3;1-4-5(2)6(8)7-3/h6H,4-5H2,1-3H3,(H,10,11);5H,4H2,1-3H3,(H,7,8). The molecule has 9 heteroatoms. The number of hydrogen-bond donors (Lipinski definition) is 2. The van der Waals surface area contributed by atoms with Gasteiger partial charge in [-0.3, -0.25) is 9.59 Å². The van der Waals surface area contributed by atoms with Crippen molar-refractivity contribution in [1.29, 1.82) is 0 Å². The fraction of sp³-hybridized carbons (Fsp3) is 0.733. The van der Waals surface area contributed by atoms with Crippen molar-refractivity contribution in [3.63, 3.8) is 0 Å². The number of carbonyl (C=O) groups is 4. The van der Waals surface area contributed by atoms with Crippen molar-refractivity contribution in [2.45, 2.75) is 39.7 Å². The summed E-state index contributed by atoms with van der Waals surface area (Å²) < 4.78 is 13.3. The molecule has 2 amide bonds. The van der Waals surface area contributed by atoms with E-state index in [9.17, 15) is 19.2 Å². The number of rotatable bonds is 7. The first-order chi connectivity index (χ1) is 11.2. The maximum atomic E-state index is 11.1. The Labute approximate surface area is 142 Å². The van der Waals surface area contributed by atoms with Crippen LogP contribution < -0.4 is 10.6 Å². The second-order valence-electron chi connectivity index (χ2n) is 4.84. The summed E-state index contributed by atoms with van der Waals surface area (Å²) in [5, 5.41) is 4.97. The molecule has 0 aliphatic rings. The van der Waals surface area contributed by atoms with Crippen molar-refractivity contribution in [3.8, 4) is 0 Å². The summed E-state index contributed by atoms with van der Waals surface area (Å²) >= 11 is 0. The number of nitrogens with one attached hydrogen (secondary N) is 2. The van der Waals surface area contributed by atoms with E-state index in [1.165, 1.54) is 7.05 Å². The van der Waals surface area contributed by atoms with Crippen LogP contribution in [0.25, 0.3) is 0 Å². The molecule has 0 aliphatic heterocycles. The number of amides is 2. The Balaban J connectivity index is 0. The molecule has 0 aromatic carbocycles. The third-order valence-electron chi connectivity index (χ3n) is 2.87. The summed E-state index contributed by atoms with van der Waals surface area (Å²) in [7, 11) is 4.27. The molecule has 0 aromatic heterocycles. The number of carbonyl (C=O) groups excluding carboxylic acids is 4. The lowest BCUT2D eigenvalue weighted by atomic mass is 10.1. The van der Waals surface area contributed by atoms with Gasteiger partial charge in [-0.15, -0.1) is 0 Å². The van der Waals surface area contributed by atoms with Gasteiger partial charge < -0.3 is 24.8 Å². The lowest BCUT2D eigenvalue weighted by Gasteiger charge is -2.11. The third-order valence-corrected chi connectivity index (χ3v) is 2.87. The second-order valence-corrected chi connectivity index (χ2v) is 4.84. The molecule has 140 valence electrons. The molecular weight excluding hydrogens is 320 g/mol. The number of esters is 1. The van der Waals surface area contributed by atoms with Crippen molar-refractivity contribution in [1.82, 2.24) is 10.6 Å². The molecule has 0 spiro atoms. The first kappa shape index (κ1) is 23.9. The molecule has 24 heavy (non-hydrogen) atoms. The average Bonchev–Trinajstić information content (AvgIpc) is 2.58. The molecule has 9 nitrogen and oxygen atoms in total. The first-order valence-electron chi connectivity index (χ1n) is 7.54. The Bertz CT molecular complexity index is 413. The maximum absolute atomic E-state index is 11.1. The van der Waals surface area contributed by atoms with Gasteiger partial charge in [0.1, 0.15) is 6.10 Å². The van der Waals surface area contributed by atoms with Gasteiger partial charge in [-0.1, -0.05) is 13.8 Å². The molecule has 0 bridgehead atoms. The van der Waals surface area contributed by atoms with Gasteiger partial charge in [-0.05, 0) is 13.3 Å². The van der Waals surface area contributed by atoms with Gasteiger partial charge >= 0.3 is 12.1 Å². The van der Waals surface area contributed by atoms with Gasteiger partial charge in [-0.2, -0.15) is 0 Å². The highest BCUT2D eigenvalue weighted by Gasteiger charge is 2.14. The summed E-state index contributed by atoms with van der Waals surface area (Å²) in [6.45, 7) is 4.94. The molecule has 2 N–H and O–H groups in total. The highest BCUT2D eigenvalue weighted by Crippen LogP contribution is 1.99. The number of ether oxygens (including phenoxy) is 3. The van der Waals surface area contributed by atoms with Crippen molar-refractivity contribution >= 4 is 23.9 Å². The van der Waals surface area contributed by atoms with Gasteiger partial charge in [0.15, 0.2) is 6.61 Å². The van der Waals surface area contributed by atoms with Gasteiger partial charge in [0, 0.05) is 20.0 Å². The van der Waals surface area contributed by atoms with E-state index in [0.717, 1.165) is 13.5 Å². The van der Waals surface area contributed by atoms with Crippen LogP contribution in [0, 0.1) is 5.92 Å². The summed E-state index contributed by atoms with van der Waals surface area (Å²) in [5.41, 5.74) is 0. The van der Waals surface area contributed by atoms with Crippen molar-refractivity contribution in [2.75, 3.05) is 27.8 Å². The lowest BCUT2D eigenvalue weighted by Crippen LogP contribution is -2.27. The van der Waals surface area contributed by atoms with Crippen LogP contribution in [0.15, 0.2) is 0 Å². The molecule has 0 fully saturated rings. The van der Waals surface area contributed by atoms with Crippen LogP contribution in [0.4, 0.5) is 4.79 Å². The molecule has 0 aliphatic carbocycles. The monoisotopic (exact) mass is 348 g/mol. The van der Waals surface area contributed by atoms with Gasteiger partial charge in [0.05, 0.1) is 13.5 Å². The predicted molar refractivity (Wildman–Crippen MR) is 86.1 cm³/mol. The Morgan fingerprint density at radius 1 is 1.04 bits per heavy atom. The smallest absolute Gasteiger partial charge is 0.460 e. The molecule has 0 saturated carbocycles. The summed E-state index contributed by atoms with van der Waals surface area (Å²) in [6, 6.07) is 0. The highest BCUT2D eigenvalue weighted by molar-refractivity contribution is 5.78. The van der Waals surface area contributed by atoms with E-state index >= 15 is 0 Å². The minimum Gasteiger partial charge on any atom is -0.460 e. The first-order valence-corrected chi connectivity index (χ1v) is 7.54. The van der Waals surface area contributed by atoms with Crippen LogP contribution >= 0.6 is 0 Å². The Morgan fingerprint density at radius 2 is 1.62 bits per heavy atom. The van der Waals surface area contributed by atoms with E-state index in [0.29, 0.717) is 0 Å². The molecule has 2 unspecified atom stereocenters. The highest BCUT2D eigenvalue weighted by atomic mass is 16.7. The van der Waals surface area contributed by atoms with Crippen LogP contribution in [0.3, 0.4) is 0 Å². The zero-order chi connectivity index (χ0) is 19.1. The van der Waals surface area contributed by atoms with Crippen molar-refractivity contribution in [2.24, 2.45) is 5.92 Å². The van der Waals surface area contributed by atoms with Crippen molar-refractivity contribution in [3.05, 3.63) is 0 Å². The zero-order valence-electron chi connectivity index (χ0n) is 15.1. The summed E-state index contributed by atoms with van der Waals surface area (Å²) in [6.07, 6.45) is -0.565. The topological polar surface area (TPSA) is 120 Å². The molecule has 2 atom stereocenters. The lowest BCUT2D eigenvalue weighted by molar-refractivity contribution is -0.153. The number of methoxy groups -OCH3 is 1. The van der Waals surface area contributed by atoms with E-state index in [2.05, 4.69) is 20.1 Å². The Hall–Kier alpha value is -2.32. The second kappa shape index (κ2) is 14.3. The molecular formula is C15H28N2O7. The minimum atomic E-state index is -0.962. The predicted octanol–water partition coefficient (Wildman–Crippen LogP) is 0.616. The van der Waals surface area contributed by atoms with Gasteiger partial charge in [0.2, 0.25) is 11.8 Å². The fourth-order valence-electron chi connectivity index (χ4n) is 1.27. The quantitative estimate of drug-likeness (QED) is 0.647. The molecule has 0 rings (SSSR count). The molecule has 0 heterocycles. The molecule has 0 aromatic rings. The third kappa shape index (κ3) is 13.4. The molecule has 0 radical (unpaired) electrons. The van der Waals surface area contributed by atoms with Crippen molar-refractivity contribution < 1.29 is 33.4 Å². The van der Waals surface area contributed by atoms with E-state index in [1.807, 2.05) is 13.8 Å². The van der Waals surface area contributed by atoms with Crippen LogP contribution in [-0.2, 0) is 28.6 Å². The van der Waals surface area contributed by atoms with Gasteiger partial charge in [-0.25, -0.2) is 9.59 Å². The number of hydrogen-bond acceptors (Lipinski definition) is 7. The van der Waals surface area contributed by atoms with Crippen LogP contribution in [0.5, 0.6) is 0 Å². The van der Waals surface area contributed by atoms with E-state index in [-0.39, 0.29) is 24.2 Å². The zero-order valence-corrected chi connectivity index (χ0v) is 15.1.